The van der Waals surface area contributed by atoms with Gasteiger partial charge in [-0.15, -0.1) is 24.0 Å². The molecular weight excluding hydrogens is 501 g/mol. The molecule has 0 bridgehead atoms. The van der Waals surface area contributed by atoms with Crippen molar-refractivity contribution in [1.29, 1.82) is 0 Å². The van der Waals surface area contributed by atoms with Gasteiger partial charge in [0, 0.05) is 32.4 Å². The molecule has 6 nitrogen and oxygen atoms in total. The molecule has 0 saturated heterocycles. The largest absolute Gasteiger partial charge is 0.457 e. The van der Waals surface area contributed by atoms with Crippen LogP contribution in [0.3, 0.4) is 0 Å². The number of benzene rings is 2. The third-order valence-electron chi connectivity index (χ3n) is 5.14. The van der Waals surface area contributed by atoms with Crippen LogP contribution in [0.5, 0.6) is 11.5 Å². The Morgan fingerprint density at radius 1 is 1.06 bits per heavy atom. The van der Waals surface area contributed by atoms with E-state index in [0.717, 1.165) is 35.1 Å². The van der Waals surface area contributed by atoms with Gasteiger partial charge in [-0.25, -0.2) is 0 Å². The molecule has 2 N–H and O–H groups in total. The van der Waals surface area contributed by atoms with Crippen molar-refractivity contribution in [3.63, 3.8) is 0 Å². The summed E-state index contributed by atoms with van der Waals surface area (Å²) in [6, 6.07) is 18.1. The molecule has 0 radical (unpaired) electrons. The van der Waals surface area contributed by atoms with Crippen LogP contribution < -0.4 is 15.4 Å². The fourth-order valence-corrected chi connectivity index (χ4v) is 3.38. The predicted molar refractivity (Wildman–Crippen MR) is 138 cm³/mol. The smallest absolute Gasteiger partial charge is 0.191 e. The summed E-state index contributed by atoms with van der Waals surface area (Å²) in [4.78, 5) is 4.36. The Morgan fingerprint density at radius 3 is 2.29 bits per heavy atom. The Bertz CT molecular complexity index is 983. The Labute approximate surface area is 202 Å². The zero-order chi connectivity index (χ0) is 21.5. The van der Waals surface area contributed by atoms with Gasteiger partial charge < -0.3 is 15.4 Å². The van der Waals surface area contributed by atoms with Gasteiger partial charge in [-0.05, 0) is 62.6 Å². The molecule has 7 heteroatoms. The van der Waals surface area contributed by atoms with Gasteiger partial charge >= 0.3 is 0 Å². The molecule has 0 fully saturated rings. The van der Waals surface area contributed by atoms with Crippen molar-refractivity contribution in [3.05, 3.63) is 77.1 Å². The minimum atomic E-state index is 0. The van der Waals surface area contributed by atoms with E-state index >= 15 is 0 Å². The highest BCUT2D eigenvalue weighted by Gasteiger charge is 2.14. The van der Waals surface area contributed by atoms with Crippen LogP contribution in [0.1, 0.15) is 29.4 Å². The summed E-state index contributed by atoms with van der Waals surface area (Å²) in [7, 11) is 3.78. The Morgan fingerprint density at radius 2 is 1.71 bits per heavy atom. The van der Waals surface area contributed by atoms with E-state index in [1.54, 1.807) is 7.05 Å². The third kappa shape index (κ3) is 6.99. The molecule has 1 aromatic heterocycles. The predicted octanol–water partition coefficient (Wildman–Crippen LogP) is 4.74. The maximum absolute atomic E-state index is 5.85. The number of nitrogens with one attached hydrogen (secondary N) is 2. The first-order chi connectivity index (χ1) is 14.5. The second-order valence-electron chi connectivity index (χ2n) is 7.51. The van der Waals surface area contributed by atoms with Gasteiger partial charge in [0.2, 0.25) is 0 Å². The van der Waals surface area contributed by atoms with E-state index in [1.165, 1.54) is 11.3 Å². The number of guanidine groups is 1. The molecule has 0 spiro atoms. The van der Waals surface area contributed by atoms with Crippen molar-refractivity contribution in [2.24, 2.45) is 12.0 Å². The van der Waals surface area contributed by atoms with Gasteiger partial charge in [-0.3, -0.25) is 9.67 Å². The van der Waals surface area contributed by atoms with Crippen LogP contribution in [0.4, 0.5) is 0 Å². The number of ether oxygens (including phenoxy) is 1. The third-order valence-corrected chi connectivity index (χ3v) is 5.14. The van der Waals surface area contributed by atoms with Gasteiger partial charge in [0.05, 0.1) is 5.69 Å². The molecule has 0 amide bonds. The number of hydrogen-bond acceptors (Lipinski definition) is 3. The maximum Gasteiger partial charge on any atom is 0.191 e. The van der Waals surface area contributed by atoms with E-state index in [0.29, 0.717) is 6.54 Å². The fourth-order valence-electron chi connectivity index (χ4n) is 3.38. The van der Waals surface area contributed by atoms with Crippen molar-refractivity contribution in [3.8, 4) is 11.5 Å². The molecule has 0 aliphatic carbocycles. The first-order valence-electron chi connectivity index (χ1n) is 10.2. The maximum atomic E-state index is 5.85. The fraction of sp³-hybridized carbons (Fsp3) is 0.333. The summed E-state index contributed by atoms with van der Waals surface area (Å²) in [5, 5.41) is 11.4. The van der Waals surface area contributed by atoms with E-state index in [-0.39, 0.29) is 30.0 Å². The average Bonchev–Trinajstić information content (AvgIpc) is 2.99. The van der Waals surface area contributed by atoms with Gasteiger partial charge in [-0.2, -0.15) is 5.10 Å². The molecule has 3 rings (SSSR count). The summed E-state index contributed by atoms with van der Waals surface area (Å²) < 4.78 is 7.79. The topological polar surface area (TPSA) is 63.5 Å². The Balaban J connectivity index is 0.00000341. The van der Waals surface area contributed by atoms with Gasteiger partial charge in [0.15, 0.2) is 5.96 Å². The molecule has 0 saturated carbocycles. The van der Waals surface area contributed by atoms with Crippen LogP contribution in [-0.4, -0.2) is 28.8 Å². The molecule has 1 heterocycles. The monoisotopic (exact) mass is 533 g/mol. The highest BCUT2D eigenvalue weighted by Crippen LogP contribution is 2.21. The van der Waals surface area contributed by atoms with Gasteiger partial charge in [0.1, 0.15) is 11.5 Å². The van der Waals surface area contributed by atoms with Crippen molar-refractivity contribution >= 4 is 29.9 Å². The van der Waals surface area contributed by atoms with Crippen molar-refractivity contribution < 1.29 is 4.74 Å². The summed E-state index contributed by atoms with van der Waals surface area (Å²) in [6.07, 6.45) is 0.901. The summed E-state index contributed by atoms with van der Waals surface area (Å²) in [5.74, 6) is 2.44. The van der Waals surface area contributed by atoms with Crippen molar-refractivity contribution in [2.45, 2.75) is 39.8 Å². The van der Waals surface area contributed by atoms with Gasteiger partial charge in [0.25, 0.3) is 0 Å². The minimum Gasteiger partial charge on any atom is -0.457 e. The van der Waals surface area contributed by atoms with Crippen molar-refractivity contribution in [2.75, 3.05) is 7.05 Å². The molecule has 1 atom stereocenters. The van der Waals surface area contributed by atoms with E-state index in [1.807, 2.05) is 54.2 Å². The van der Waals surface area contributed by atoms with Crippen LogP contribution in [0.2, 0.25) is 0 Å². The molecule has 3 aromatic rings. The van der Waals surface area contributed by atoms with E-state index < -0.39 is 0 Å². The number of aromatic nitrogens is 2. The highest BCUT2D eigenvalue weighted by atomic mass is 127. The van der Waals surface area contributed by atoms with Crippen molar-refractivity contribution in [1.82, 2.24) is 20.4 Å². The molecule has 166 valence electrons. The van der Waals surface area contributed by atoms with E-state index in [4.69, 9.17) is 4.74 Å². The minimum absolute atomic E-state index is 0. The van der Waals surface area contributed by atoms with Crippen LogP contribution in [0.25, 0.3) is 0 Å². The second-order valence-corrected chi connectivity index (χ2v) is 7.51. The van der Waals surface area contributed by atoms with Crippen LogP contribution in [0.15, 0.2) is 59.6 Å². The number of aryl methyl sites for hydroxylation is 2. The number of rotatable bonds is 7. The number of hydrogen-bond donors (Lipinski definition) is 2. The SMILES string of the molecule is CN=C(NCc1ccc(Oc2ccccc2)cc1)NC(C)Cc1c(C)nn(C)c1C.I. The van der Waals surface area contributed by atoms with Crippen LogP contribution >= 0.6 is 24.0 Å². The lowest BCUT2D eigenvalue weighted by Gasteiger charge is -2.18. The second kappa shape index (κ2) is 11.7. The normalized spacial score (nSPS) is 12.1. The number of para-hydroxylation sites is 1. The number of halogens is 1. The van der Waals surface area contributed by atoms with Crippen LogP contribution in [-0.2, 0) is 20.0 Å². The Hall–Kier alpha value is -2.55. The lowest BCUT2D eigenvalue weighted by atomic mass is 10.1. The molecular formula is C24H32IN5O. The van der Waals surface area contributed by atoms with Crippen LogP contribution in [0, 0.1) is 13.8 Å². The van der Waals surface area contributed by atoms with E-state index in [9.17, 15) is 0 Å². The summed E-state index contributed by atoms with van der Waals surface area (Å²) in [6.45, 7) is 7.02. The standard InChI is InChI=1S/C24H31N5O.HI/c1-17(15-23-18(2)28-29(5)19(23)3)27-24(25-4)26-16-20-11-13-22(14-12-20)30-21-9-7-6-8-10-21;/h6-14,17H,15-16H2,1-5H3,(H2,25,26,27);1H. The first-order valence-corrected chi connectivity index (χ1v) is 10.2. The number of nitrogens with zero attached hydrogens (tertiary/aromatic N) is 3. The Kier molecular flexibility index (Phi) is 9.36. The molecule has 2 aromatic carbocycles. The molecule has 0 aliphatic rings. The zero-order valence-electron chi connectivity index (χ0n) is 18.8. The lowest BCUT2D eigenvalue weighted by molar-refractivity contribution is 0.482. The highest BCUT2D eigenvalue weighted by molar-refractivity contribution is 14.0. The summed E-state index contributed by atoms with van der Waals surface area (Å²) >= 11 is 0. The molecule has 31 heavy (non-hydrogen) atoms. The van der Waals surface area contributed by atoms with Gasteiger partial charge in [-0.1, -0.05) is 30.3 Å². The molecule has 1 unspecified atom stereocenters. The zero-order valence-corrected chi connectivity index (χ0v) is 21.2. The number of aliphatic imine (C=N–C) groups is 1. The van der Waals surface area contributed by atoms with E-state index in [2.05, 4.69) is 53.6 Å². The first kappa shape index (κ1) is 24.7. The quantitative estimate of drug-likeness (QED) is 0.262. The average molecular weight is 533 g/mol. The molecule has 0 aliphatic heterocycles. The lowest BCUT2D eigenvalue weighted by Crippen LogP contribution is -2.42. The summed E-state index contributed by atoms with van der Waals surface area (Å²) in [5.41, 5.74) is 4.75.